The highest BCUT2D eigenvalue weighted by Gasteiger charge is 2.34. The number of likely N-dealkylation sites (N-methyl/N-ethyl adjacent to an activating group) is 1. The maximum Gasteiger partial charge on any atom is 0.241 e. The SMILES string of the molecule is CN(C)C1(CNC(=O)[C@@H](N)c2ccccc2)CCCCC1. The molecule has 0 aromatic heterocycles. The number of benzene rings is 1. The second-order valence-electron chi connectivity index (χ2n) is 6.29. The van der Waals surface area contributed by atoms with Crippen LogP contribution in [0.2, 0.25) is 0 Å². The average molecular weight is 289 g/mol. The highest BCUT2D eigenvalue weighted by Crippen LogP contribution is 2.31. The van der Waals surface area contributed by atoms with Gasteiger partial charge in [-0.2, -0.15) is 0 Å². The first-order chi connectivity index (χ1) is 10.1. The van der Waals surface area contributed by atoms with E-state index in [1.165, 1.54) is 19.3 Å². The average Bonchev–Trinajstić information content (AvgIpc) is 2.53. The fourth-order valence-corrected chi connectivity index (χ4v) is 3.17. The molecule has 116 valence electrons. The second-order valence-corrected chi connectivity index (χ2v) is 6.29. The quantitative estimate of drug-likeness (QED) is 0.872. The van der Waals surface area contributed by atoms with Crippen molar-refractivity contribution in [2.45, 2.75) is 43.7 Å². The summed E-state index contributed by atoms with van der Waals surface area (Å²) in [5.74, 6) is -0.0898. The smallest absolute Gasteiger partial charge is 0.241 e. The number of hydrogen-bond acceptors (Lipinski definition) is 3. The van der Waals surface area contributed by atoms with Crippen molar-refractivity contribution in [2.75, 3.05) is 20.6 Å². The number of nitrogens with one attached hydrogen (secondary N) is 1. The summed E-state index contributed by atoms with van der Waals surface area (Å²) in [6.45, 7) is 0.680. The van der Waals surface area contributed by atoms with E-state index < -0.39 is 6.04 Å². The molecule has 1 aromatic carbocycles. The van der Waals surface area contributed by atoms with Crippen LogP contribution in [0.15, 0.2) is 30.3 Å². The summed E-state index contributed by atoms with van der Waals surface area (Å²) in [6.07, 6.45) is 6.05. The van der Waals surface area contributed by atoms with Crippen molar-refractivity contribution in [1.29, 1.82) is 0 Å². The van der Waals surface area contributed by atoms with Gasteiger partial charge in [0.25, 0.3) is 0 Å². The van der Waals surface area contributed by atoms with E-state index in [9.17, 15) is 4.79 Å². The Morgan fingerprint density at radius 1 is 1.24 bits per heavy atom. The lowest BCUT2D eigenvalue weighted by Gasteiger charge is -2.43. The van der Waals surface area contributed by atoms with Crippen LogP contribution in [0.4, 0.5) is 0 Å². The van der Waals surface area contributed by atoms with Crippen LogP contribution in [-0.4, -0.2) is 37.0 Å². The molecule has 4 nitrogen and oxygen atoms in total. The molecule has 2 rings (SSSR count). The fourth-order valence-electron chi connectivity index (χ4n) is 3.17. The third kappa shape index (κ3) is 3.83. The third-order valence-electron chi connectivity index (χ3n) is 4.77. The first-order valence-corrected chi connectivity index (χ1v) is 7.81. The Kier molecular flexibility index (Phi) is 5.37. The van der Waals surface area contributed by atoms with Crippen molar-refractivity contribution in [1.82, 2.24) is 10.2 Å². The predicted octanol–water partition coefficient (Wildman–Crippen LogP) is 2.07. The molecule has 1 fully saturated rings. The number of amides is 1. The molecule has 21 heavy (non-hydrogen) atoms. The molecule has 0 aliphatic heterocycles. The Morgan fingerprint density at radius 2 is 1.86 bits per heavy atom. The van der Waals surface area contributed by atoms with E-state index in [0.29, 0.717) is 6.54 Å². The van der Waals surface area contributed by atoms with Crippen LogP contribution in [0.3, 0.4) is 0 Å². The first-order valence-electron chi connectivity index (χ1n) is 7.81. The number of rotatable bonds is 5. The van der Waals surface area contributed by atoms with Crippen LogP contribution < -0.4 is 11.1 Å². The number of nitrogens with two attached hydrogens (primary N) is 1. The number of carbonyl (C=O) groups excluding carboxylic acids is 1. The molecule has 1 saturated carbocycles. The molecule has 0 unspecified atom stereocenters. The molecule has 1 amide bonds. The van der Waals surface area contributed by atoms with Gasteiger partial charge in [-0.1, -0.05) is 49.6 Å². The summed E-state index contributed by atoms with van der Waals surface area (Å²) in [6, 6.07) is 8.95. The van der Waals surface area contributed by atoms with Crippen LogP contribution in [0.1, 0.15) is 43.7 Å². The Labute approximate surface area is 127 Å². The molecule has 3 N–H and O–H groups in total. The van der Waals surface area contributed by atoms with Gasteiger partial charge in [0.05, 0.1) is 0 Å². The predicted molar refractivity (Wildman–Crippen MR) is 85.9 cm³/mol. The molecule has 0 heterocycles. The maximum absolute atomic E-state index is 12.3. The molecule has 0 spiro atoms. The van der Waals surface area contributed by atoms with Crippen LogP contribution in [0.25, 0.3) is 0 Å². The van der Waals surface area contributed by atoms with Crippen molar-refractivity contribution in [3.05, 3.63) is 35.9 Å². The summed E-state index contributed by atoms with van der Waals surface area (Å²) in [7, 11) is 4.21. The molecule has 0 bridgehead atoms. The van der Waals surface area contributed by atoms with Crippen molar-refractivity contribution in [3.8, 4) is 0 Å². The van der Waals surface area contributed by atoms with E-state index in [4.69, 9.17) is 5.73 Å². The Hall–Kier alpha value is -1.39. The molecular formula is C17H27N3O. The van der Waals surface area contributed by atoms with Gasteiger partial charge in [0, 0.05) is 12.1 Å². The van der Waals surface area contributed by atoms with Crippen molar-refractivity contribution in [2.24, 2.45) is 5.73 Å². The number of carbonyl (C=O) groups is 1. The summed E-state index contributed by atoms with van der Waals surface area (Å²) in [5.41, 5.74) is 6.99. The fraction of sp³-hybridized carbons (Fsp3) is 0.588. The van der Waals surface area contributed by atoms with Gasteiger partial charge >= 0.3 is 0 Å². The van der Waals surface area contributed by atoms with Crippen molar-refractivity contribution >= 4 is 5.91 Å². The second kappa shape index (κ2) is 7.05. The van der Waals surface area contributed by atoms with Crippen LogP contribution in [0, 0.1) is 0 Å². The van der Waals surface area contributed by atoms with Gasteiger partial charge in [-0.15, -0.1) is 0 Å². The molecular weight excluding hydrogens is 262 g/mol. The standard InChI is InChI=1S/C17H27N3O/c1-20(2)17(11-7-4-8-12-17)13-19-16(21)15(18)14-9-5-3-6-10-14/h3,5-6,9-10,15H,4,7-8,11-13,18H2,1-2H3,(H,19,21)/t15-/m0/s1. The zero-order chi connectivity index (χ0) is 15.3. The number of nitrogens with zero attached hydrogens (tertiary/aromatic N) is 1. The molecule has 1 aliphatic carbocycles. The van der Waals surface area contributed by atoms with E-state index in [2.05, 4.69) is 24.3 Å². The normalized spacial score (nSPS) is 19.2. The van der Waals surface area contributed by atoms with E-state index in [-0.39, 0.29) is 11.4 Å². The summed E-state index contributed by atoms with van der Waals surface area (Å²) in [4.78, 5) is 14.6. The van der Waals surface area contributed by atoms with Gasteiger partial charge in [-0.25, -0.2) is 0 Å². The van der Waals surface area contributed by atoms with E-state index in [1.807, 2.05) is 30.3 Å². The van der Waals surface area contributed by atoms with E-state index in [1.54, 1.807) is 0 Å². The van der Waals surface area contributed by atoms with E-state index in [0.717, 1.165) is 18.4 Å². The Balaban J connectivity index is 1.96. The lowest BCUT2D eigenvalue weighted by atomic mass is 9.80. The van der Waals surface area contributed by atoms with Gasteiger partial charge in [0.1, 0.15) is 6.04 Å². The molecule has 1 aliphatic rings. The molecule has 4 heteroatoms. The largest absolute Gasteiger partial charge is 0.353 e. The van der Waals surface area contributed by atoms with Crippen LogP contribution in [-0.2, 0) is 4.79 Å². The number of hydrogen-bond donors (Lipinski definition) is 2. The van der Waals surface area contributed by atoms with Crippen LogP contribution in [0.5, 0.6) is 0 Å². The topological polar surface area (TPSA) is 58.4 Å². The Bertz CT molecular complexity index is 452. The lowest BCUT2D eigenvalue weighted by Crippen LogP contribution is -2.54. The monoisotopic (exact) mass is 289 g/mol. The van der Waals surface area contributed by atoms with Gasteiger partial charge < -0.3 is 16.0 Å². The lowest BCUT2D eigenvalue weighted by molar-refractivity contribution is -0.123. The minimum atomic E-state index is -0.589. The first kappa shape index (κ1) is 16.0. The van der Waals surface area contributed by atoms with E-state index >= 15 is 0 Å². The summed E-state index contributed by atoms with van der Waals surface area (Å²) in [5, 5.41) is 3.07. The van der Waals surface area contributed by atoms with Gasteiger partial charge in [-0.3, -0.25) is 4.79 Å². The van der Waals surface area contributed by atoms with Gasteiger partial charge in [0.2, 0.25) is 5.91 Å². The van der Waals surface area contributed by atoms with Gasteiger partial charge in [0.15, 0.2) is 0 Å². The zero-order valence-corrected chi connectivity index (χ0v) is 13.1. The van der Waals surface area contributed by atoms with Crippen LogP contribution >= 0.6 is 0 Å². The molecule has 0 radical (unpaired) electrons. The minimum absolute atomic E-state index is 0.0876. The van der Waals surface area contributed by atoms with Crippen molar-refractivity contribution < 1.29 is 4.79 Å². The highest BCUT2D eigenvalue weighted by molar-refractivity contribution is 5.82. The van der Waals surface area contributed by atoms with Crippen molar-refractivity contribution in [3.63, 3.8) is 0 Å². The highest BCUT2D eigenvalue weighted by atomic mass is 16.2. The summed E-state index contributed by atoms with van der Waals surface area (Å²) >= 11 is 0. The summed E-state index contributed by atoms with van der Waals surface area (Å²) < 4.78 is 0. The third-order valence-corrected chi connectivity index (χ3v) is 4.77. The molecule has 0 saturated heterocycles. The minimum Gasteiger partial charge on any atom is -0.353 e. The maximum atomic E-state index is 12.3. The molecule has 1 atom stereocenters. The molecule has 1 aromatic rings. The Morgan fingerprint density at radius 3 is 2.43 bits per heavy atom. The zero-order valence-electron chi connectivity index (χ0n) is 13.1. The van der Waals surface area contributed by atoms with Gasteiger partial charge in [-0.05, 0) is 32.5 Å².